The summed E-state index contributed by atoms with van der Waals surface area (Å²) in [5, 5.41) is 14.9. The Morgan fingerprint density at radius 2 is 1.71 bits per heavy atom. The lowest BCUT2D eigenvalue weighted by atomic mass is 9.80. The summed E-state index contributed by atoms with van der Waals surface area (Å²) in [5.41, 5.74) is -0.947. The first-order chi connectivity index (χ1) is 9.91. The van der Waals surface area contributed by atoms with E-state index in [1.54, 1.807) is 0 Å². The normalized spacial score (nSPS) is 11.0. The first kappa shape index (κ1) is 19.4. The van der Waals surface area contributed by atoms with E-state index < -0.39 is 5.41 Å². The van der Waals surface area contributed by atoms with E-state index in [1.807, 2.05) is 27.7 Å². The van der Waals surface area contributed by atoms with Crippen LogP contribution in [0.15, 0.2) is 0 Å². The van der Waals surface area contributed by atoms with Crippen molar-refractivity contribution in [3.8, 4) is 6.07 Å². The van der Waals surface area contributed by atoms with Crippen LogP contribution in [0.2, 0.25) is 0 Å². The van der Waals surface area contributed by atoms with Crippen LogP contribution in [0.5, 0.6) is 0 Å². The molecular weight excluding hydrogens is 266 g/mol. The average Bonchev–Trinajstić information content (AvgIpc) is 2.44. The van der Waals surface area contributed by atoms with Crippen molar-refractivity contribution < 1.29 is 9.59 Å². The maximum Gasteiger partial charge on any atom is 0.240 e. The quantitative estimate of drug-likeness (QED) is 0.649. The molecule has 0 saturated carbocycles. The summed E-state index contributed by atoms with van der Waals surface area (Å²) in [6, 6.07) is 2.18. The highest BCUT2D eigenvalue weighted by Crippen LogP contribution is 2.29. The van der Waals surface area contributed by atoms with E-state index in [1.165, 1.54) is 0 Å². The lowest BCUT2D eigenvalue weighted by Gasteiger charge is -2.24. The van der Waals surface area contributed by atoms with Gasteiger partial charge in [-0.15, -0.1) is 0 Å². The Morgan fingerprint density at radius 3 is 2.14 bits per heavy atom. The Hall–Kier alpha value is -1.57. The van der Waals surface area contributed by atoms with Crippen molar-refractivity contribution in [3.05, 3.63) is 0 Å². The number of nitrogens with zero attached hydrogens (tertiary/aromatic N) is 1. The van der Waals surface area contributed by atoms with Crippen LogP contribution in [0.3, 0.4) is 0 Å². The van der Waals surface area contributed by atoms with Crippen molar-refractivity contribution in [3.63, 3.8) is 0 Å². The van der Waals surface area contributed by atoms with Crippen LogP contribution in [0.1, 0.15) is 59.8 Å². The number of rotatable bonds is 10. The van der Waals surface area contributed by atoms with E-state index in [9.17, 15) is 14.9 Å². The molecule has 0 rings (SSSR count). The summed E-state index contributed by atoms with van der Waals surface area (Å²) >= 11 is 0. The van der Waals surface area contributed by atoms with Crippen LogP contribution in [0.4, 0.5) is 0 Å². The lowest BCUT2D eigenvalue weighted by molar-refractivity contribution is -0.129. The third-order valence-electron chi connectivity index (χ3n) is 3.35. The molecule has 5 heteroatoms. The topological polar surface area (TPSA) is 82.0 Å². The molecule has 2 N–H and O–H groups in total. The molecule has 0 bridgehead atoms. The van der Waals surface area contributed by atoms with E-state index in [2.05, 4.69) is 16.7 Å². The van der Waals surface area contributed by atoms with Crippen LogP contribution in [-0.2, 0) is 9.59 Å². The SMILES string of the molecule is CCCC(C#N)(CCC)C(=O)NCCC(=O)NCC(C)C. The van der Waals surface area contributed by atoms with Gasteiger partial charge in [-0.05, 0) is 18.8 Å². The predicted octanol–water partition coefficient (Wildman–Crippen LogP) is 2.38. The molecule has 2 amide bonds. The van der Waals surface area contributed by atoms with Crippen molar-refractivity contribution in [2.45, 2.75) is 59.8 Å². The van der Waals surface area contributed by atoms with Gasteiger partial charge in [0, 0.05) is 19.5 Å². The maximum absolute atomic E-state index is 12.3. The fourth-order valence-electron chi connectivity index (χ4n) is 2.23. The molecule has 0 aromatic carbocycles. The Bertz CT molecular complexity index is 366. The summed E-state index contributed by atoms with van der Waals surface area (Å²) < 4.78 is 0. The summed E-state index contributed by atoms with van der Waals surface area (Å²) in [4.78, 5) is 23.8. The fraction of sp³-hybridized carbons (Fsp3) is 0.812. The fourth-order valence-corrected chi connectivity index (χ4v) is 2.23. The molecule has 0 aliphatic carbocycles. The third-order valence-corrected chi connectivity index (χ3v) is 3.35. The van der Waals surface area contributed by atoms with E-state index >= 15 is 0 Å². The van der Waals surface area contributed by atoms with Crippen LogP contribution in [-0.4, -0.2) is 24.9 Å². The first-order valence-electron chi connectivity index (χ1n) is 7.88. The molecule has 0 heterocycles. The van der Waals surface area contributed by atoms with Crippen LogP contribution < -0.4 is 10.6 Å². The Kier molecular flexibility index (Phi) is 9.44. The van der Waals surface area contributed by atoms with Crippen LogP contribution >= 0.6 is 0 Å². The molecule has 5 nitrogen and oxygen atoms in total. The van der Waals surface area contributed by atoms with Crippen molar-refractivity contribution in [2.75, 3.05) is 13.1 Å². The lowest BCUT2D eigenvalue weighted by Crippen LogP contribution is -2.41. The second kappa shape index (κ2) is 10.2. The number of hydrogen-bond acceptors (Lipinski definition) is 3. The Balaban J connectivity index is 4.32. The zero-order chi connectivity index (χ0) is 16.3. The number of nitrogens with one attached hydrogen (secondary N) is 2. The van der Waals surface area contributed by atoms with Gasteiger partial charge in [0.05, 0.1) is 6.07 Å². The zero-order valence-corrected chi connectivity index (χ0v) is 13.8. The molecule has 0 fully saturated rings. The van der Waals surface area contributed by atoms with Gasteiger partial charge in [-0.2, -0.15) is 5.26 Å². The predicted molar refractivity (Wildman–Crippen MR) is 83.3 cm³/mol. The average molecular weight is 295 g/mol. The van der Waals surface area contributed by atoms with Crippen molar-refractivity contribution in [1.82, 2.24) is 10.6 Å². The van der Waals surface area contributed by atoms with Crippen molar-refractivity contribution in [2.24, 2.45) is 11.3 Å². The third kappa shape index (κ3) is 7.12. The molecular formula is C16H29N3O2. The molecule has 0 atom stereocenters. The van der Waals surface area contributed by atoms with Crippen molar-refractivity contribution >= 4 is 11.8 Å². The minimum atomic E-state index is -0.947. The smallest absolute Gasteiger partial charge is 0.240 e. The Labute approximate surface area is 128 Å². The monoisotopic (exact) mass is 295 g/mol. The molecule has 0 aliphatic rings. The molecule has 21 heavy (non-hydrogen) atoms. The molecule has 0 radical (unpaired) electrons. The van der Waals surface area contributed by atoms with Gasteiger partial charge >= 0.3 is 0 Å². The van der Waals surface area contributed by atoms with Gasteiger partial charge in [0.2, 0.25) is 11.8 Å². The largest absolute Gasteiger partial charge is 0.356 e. The number of hydrogen-bond donors (Lipinski definition) is 2. The standard InChI is InChI=1S/C16H29N3O2/c1-5-8-16(12-17,9-6-2)15(21)18-10-7-14(20)19-11-13(3)4/h13H,5-11H2,1-4H3,(H,18,21)(H,19,20). The first-order valence-corrected chi connectivity index (χ1v) is 7.88. The number of carbonyl (C=O) groups is 2. The molecule has 0 saturated heterocycles. The number of nitriles is 1. The van der Waals surface area contributed by atoms with Gasteiger partial charge < -0.3 is 10.6 Å². The molecule has 0 unspecified atom stereocenters. The maximum atomic E-state index is 12.3. The van der Waals surface area contributed by atoms with Crippen molar-refractivity contribution in [1.29, 1.82) is 5.26 Å². The highest BCUT2D eigenvalue weighted by Gasteiger charge is 2.36. The molecule has 0 aromatic heterocycles. The van der Waals surface area contributed by atoms with Crippen LogP contribution in [0, 0.1) is 22.7 Å². The van der Waals surface area contributed by atoms with E-state index in [0.29, 0.717) is 25.3 Å². The Morgan fingerprint density at radius 1 is 1.14 bits per heavy atom. The summed E-state index contributed by atoms with van der Waals surface area (Å²) in [5.74, 6) is 0.0896. The second-order valence-electron chi connectivity index (χ2n) is 5.90. The molecule has 0 aliphatic heterocycles. The van der Waals surface area contributed by atoms with E-state index in [0.717, 1.165) is 12.8 Å². The van der Waals surface area contributed by atoms with Gasteiger partial charge in [-0.25, -0.2) is 0 Å². The van der Waals surface area contributed by atoms with Crippen LogP contribution in [0.25, 0.3) is 0 Å². The van der Waals surface area contributed by atoms with Gasteiger partial charge in [0.1, 0.15) is 5.41 Å². The zero-order valence-electron chi connectivity index (χ0n) is 13.8. The highest BCUT2D eigenvalue weighted by atomic mass is 16.2. The van der Waals surface area contributed by atoms with Gasteiger partial charge in [-0.3, -0.25) is 9.59 Å². The second-order valence-corrected chi connectivity index (χ2v) is 5.90. The van der Waals surface area contributed by atoms with E-state index in [4.69, 9.17) is 0 Å². The van der Waals surface area contributed by atoms with E-state index in [-0.39, 0.29) is 24.8 Å². The molecule has 120 valence electrons. The summed E-state index contributed by atoms with van der Waals surface area (Å²) in [6.07, 6.45) is 2.94. The highest BCUT2D eigenvalue weighted by molar-refractivity contribution is 5.86. The minimum absolute atomic E-state index is 0.0717. The number of amides is 2. The minimum Gasteiger partial charge on any atom is -0.356 e. The molecule has 0 aromatic rings. The van der Waals surface area contributed by atoms with Gasteiger partial charge in [0.25, 0.3) is 0 Å². The van der Waals surface area contributed by atoms with Gasteiger partial charge in [-0.1, -0.05) is 40.5 Å². The summed E-state index contributed by atoms with van der Waals surface area (Å²) in [6.45, 7) is 8.90. The molecule has 0 spiro atoms. The number of carbonyl (C=O) groups excluding carboxylic acids is 2. The van der Waals surface area contributed by atoms with Gasteiger partial charge in [0.15, 0.2) is 0 Å². The summed E-state index contributed by atoms with van der Waals surface area (Å²) in [7, 11) is 0.